The molecule has 6 nitrogen and oxygen atoms in total. The number of carbonyl (C=O) groups is 2. The van der Waals surface area contributed by atoms with Gasteiger partial charge in [0.15, 0.2) is 13.2 Å². The van der Waals surface area contributed by atoms with Crippen LogP contribution in [0, 0.1) is 18.3 Å². The predicted molar refractivity (Wildman–Crippen MR) is 92.4 cm³/mol. The first kappa shape index (κ1) is 18.3. The third-order valence-corrected chi connectivity index (χ3v) is 3.49. The number of carbonyl (C=O) groups excluding carboxylic acids is 2. The SMILES string of the molecule is Cc1ccccc1OCC(=O)OCC(=O)Nc1ccc(C#N)c(Cl)c1. The van der Waals surface area contributed by atoms with Gasteiger partial charge in [0.1, 0.15) is 11.8 Å². The van der Waals surface area contributed by atoms with Gasteiger partial charge in [0.25, 0.3) is 5.91 Å². The Morgan fingerprint density at radius 3 is 2.64 bits per heavy atom. The summed E-state index contributed by atoms with van der Waals surface area (Å²) in [5.41, 5.74) is 1.60. The second-order valence-corrected chi connectivity index (χ2v) is 5.48. The van der Waals surface area contributed by atoms with Crippen molar-refractivity contribution in [1.29, 1.82) is 5.26 Å². The van der Waals surface area contributed by atoms with Crippen LogP contribution in [0.3, 0.4) is 0 Å². The quantitative estimate of drug-likeness (QED) is 0.801. The summed E-state index contributed by atoms with van der Waals surface area (Å²) in [6.07, 6.45) is 0. The molecular weight excluding hydrogens is 344 g/mol. The van der Waals surface area contributed by atoms with Crippen LogP contribution in [0.5, 0.6) is 5.75 Å². The summed E-state index contributed by atoms with van der Waals surface area (Å²) in [4.78, 5) is 23.4. The molecule has 2 aromatic carbocycles. The van der Waals surface area contributed by atoms with Gasteiger partial charge in [-0.15, -0.1) is 0 Å². The van der Waals surface area contributed by atoms with Gasteiger partial charge in [0, 0.05) is 5.69 Å². The lowest BCUT2D eigenvalue weighted by molar-refractivity contribution is -0.149. The molecule has 0 spiro atoms. The smallest absolute Gasteiger partial charge is 0.344 e. The molecule has 0 radical (unpaired) electrons. The number of anilines is 1. The van der Waals surface area contributed by atoms with Gasteiger partial charge in [0.05, 0.1) is 10.6 Å². The molecule has 0 aliphatic heterocycles. The fraction of sp³-hybridized carbons (Fsp3) is 0.167. The summed E-state index contributed by atoms with van der Waals surface area (Å²) in [7, 11) is 0. The van der Waals surface area contributed by atoms with Crippen molar-refractivity contribution >= 4 is 29.2 Å². The third kappa shape index (κ3) is 5.52. The van der Waals surface area contributed by atoms with Crippen molar-refractivity contribution in [2.75, 3.05) is 18.5 Å². The molecule has 0 aliphatic carbocycles. The molecule has 128 valence electrons. The number of esters is 1. The number of aryl methyl sites for hydroxylation is 1. The van der Waals surface area contributed by atoms with E-state index in [0.29, 0.717) is 17.0 Å². The number of para-hydroxylation sites is 1. The summed E-state index contributed by atoms with van der Waals surface area (Å²) in [5, 5.41) is 11.5. The largest absolute Gasteiger partial charge is 0.482 e. The number of hydrogen-bond acceptors (Lipinski definition) is 5. The van der Waals surface area contributed by atoms with E-state index in [9.17, 15) is 9.59 Å². The summed E-state index contributed by atoms with van der Waals surface area (Å²) in [5.74, 6) is -0.600. The Kier molecular flexibility index (Phi) is 6.38. The molecule has 0 fully saturated rings. The molecule has 0 bridgehead atoms. The molecule has 0 saturated carbocycles. The Balaban J connectivity index is 1.78. The highest BCUT2D eigenvalue weighted by Gasteiger charge is 2.10. The first-order valence-electron chi connectivity index (χ1n) is 7.33. The Labute approximate surface area is 149 Å². The molecule has 0 unspecified atom stereocenters. The Morgan fingerprint density at radius 2 is 1.96 bits per heavy atom. The van der Waals surface area contributed by atoms with Gasteiger partial charge < -0.3 is 14.8 Å². The zero-order valence-electron chi connectivity index (χ0n) is 13.4. The Hall–Kier alpha value is -3.04. The zero-order chi connectivity index (χ0) is 18.2. The molecular formula is C18H15ClN2O4. The molecule has 7 heteroatoms. The van der Waals surface area contributed by atoms with E-state index < -0.39 is 18.5 Å². The van der Waals surface area contributed by atoms with Crippen LogP contribution in [0.4, 0.5) is 5.69 Å². The molecule has 0 atom stereocenters. The van der Waals surface area contributed by atoms with E-state index in [4.69, 9.17) is 26.3 Å². The number of amides is 1. The fourth-order valence-corrected chi connectivity index (χ4v) is 2.15. The van der Waals surface area contributed by atoms with Crippen LogP contribution >= 0.6 is 11.6 Å². The van der Waals surface area contributed by atoms with Crippen LogP contribution in [0.1, 0.15) is 11.1 Å². The lowest BCUT2D eigenvalue weighted by atomic mass is 10.2. The minimum absolute atomic E-state index is 0.226. The van der Waals surface area contributed by atoms with E-state index in [1.54, 1.807) is 12.1 Å². The van der Waals surface area contributed by atoms with Crippen LogP contribution in [0.15, 0.2) is 42.5 Å². The van der Waals surface area contributed by atoms with Crippen LogP contribution in [0.2, 0.25) is 5.02 Å². The van der Waals surface area contributed by atoms with Crippen molar-refractivity contribution in [3.63, 3.8) is 0 Å². The van der Waals surface area contributed by atoms with E-state index >= 15 is 0 Å². The number of hydrogen-bond donors (Lipinski definition) is 1. The van der Waals surface area contributed by atoms with Crippen molar-refractivity contribution in [2.24, 2.45) is 0 Å². The number of ether oxygens (including phenoxy) is 2. The Morgan fingerprint density at radius 1 is 1.20 bits per heavy atom. The number of nitrogens with zero attached hydrogens (tertiary/aromatic N) is 1. The summed E-state index contributed by atoms with van der Waals surface area (Å²) in [6, 6.07) is 13.6. The molecule has 0 aliphatic rings. The van der Waals surface area contributed by atoms with E-state index in [2.05, 4.69) is 5.32 Å². The number of nitrogens with one attached hydrogen (secondary N) is 1. The van der Waals surface area contributed by atoms with Gasteiger partial charge in [-0.05, 0) is 36.8 Å². The molecule has 0 heterocycles. The zero-order valence-corrected chi connectivity index (χ0v) is 14.2. The minimum atomic E-state index is -0.656. The van der Waals surface area contributed by atoms with Crippen LogP contribution in [-0.4, -0.2) is 25.1 Å². The lowest BCUT2D eigenvalue weighted by Crippen LogP contribution is -2.23. The average molecular weight is 359 g/mol. The van der Waals surface area contributed by atoms with E-state index in [-0.39, 0.29) is 11.6 Å². The van der Waals surface area contributed by atoms with Crippen molar-refractivity contribution in [2.45, 2.75) is 6.92 Å². The second-order valence-electron chi connectivity index (χ2n) is 5.07. The van der Waals surface area contributed by atoms with E-state index in [1.165, 1.54) is 18.2 Å². The Bertz CT molecular complexity index is 830. The van der Waals surface area contributed by atoms with Crippen LogP contribution in [-0.2, 0) is 14.3 Å². The van der Waals surface area contributed by atoms with Crippen LogP contribution < -0.4 is 10.1 Å². The van der Waals surface area contributed by atoms with Gasteiger partial charge in [-0.25, -0.2) is 4.79 Å². The van der Waals surface area contributed by atoms with Gasteiger partial charge in [0.2, 0.25) is 0 Å². The van der Waals surface area contributed by atoms with Crippen LogP contribution in [0.25, 0.3) is 0 Å². The lowest BCUT2D eigenvalue weighted by Gasteiger charge is -2.09. The van der Waals surface area contributed by atoms with Gasteiger partial charge in [-0.3, -0.25) is 4.79 Å². The molecule has 1 amide bonds. The maximum absolute atomic E-state index is 11.8. The van der Waals surface area contributed by atoms with Gasteiger partial charge in [-0.2, -0.15) is 5.26 Å². The number of benzene rings is 2. The minimum Gasteiger partial charge on any atom is -0.482 e. The topological polar surface area (TPSA) is 88.4 Å². The first-order valence-corrected chi connectivity index (χ1v) is 7.71. The van der Waals surface area contributed by atoms with Crippen molar-refractivity contribution in [1.82, 2.24) is 0 Å². The van der Waals surface area contributed by atoms with Gasteiger partial charge >= 0.3 is 5.97 Å². The van der Waals surface area contributed by atoms with Gasteiger partial charge in [-0.1, -0.05) is 29.8 Å². The normalized spacial score (nSPS) is 9.80. The molecule has 2 rings (SSSR count). The predicted octanol–water partition coefficient (Wildman–Crippen LogP) is 3.08. The van der Waals surface area contributed by atoms with Crippen molar-refractivity contribution in [3.05, 3.63) is 58.6 Å². The summed E-state index contributed by atoms with van der Waals surface area (Å²) < 4.78 is 10.2. The van der Waals surface area contributed by atoms with Crippen molar-refractivity contribution < 1.29 is 19.1 Å². The number of halogens is 1. The summed E-state index contributed by atoms with van der Waals surface area (Å²) in [6.45, 7) is 1.12. The summed E-state index contributed by atoms with van der Waals surface area (Å²) >= 11 is 5.88. The number of nitriles is 1. The van der Waals surface area contributed by atoms with E-state index in [0.717, 1.165) is 5.56 Å². The van der Waals surface area contributed by atoms with Crippen molar-refractivity contribution in [3.8, 4) is 11.8 Å². The molecule has 25 heavy (non-hydrogen) atoms. The molecule has 0 saturated heterocycles. The third-order valence-electron chi connectivity index (χ3n) is 3.18. The second kappa shape index (κ2) is 8.71. The first-order chi connectivity index (χ1) is 12.0. The molecule has 2 aromatic rings. The number of rotatable bonds is 6. The highest BCUT2D eigenvalue weighted by Crippen LogP contribution is 2.20. The average Bonchev–Trinajstić information content (AvgIpc) is 2.59. The molecule has 1 N–H and O–H groups in total. The van der Waals surface area contributed by atoms with E-state index in [1.807, 2.05) is 25.1 Å². The highest BCUT2D eigenvalue weighted by molar-refractivity contribution is 6.32. The fourth-order valence-electron chi connectivity index (χ4n) is 1.92. The maximum Gasteiger partial charge on any atom is 0.344 e. The highest BCUT2D eigenvalue weighted by atomic mass is 35.5. The maximum atomic E-state index is 11.8. The monoisotopic (exact) mass is 358 g/mol. The molecule has 0 aromatic heterocycles. The standard InChI is InChI=1S/C18H15ClN2O4/c1-12-4-2-3-5-16(12)24-11-18(23)25-10-17(22)21-14-7-6-13(9-20)15(19)8-14/h2-8H,10-11H2,1H3,(H,21,22).